The van der Waals surface area contributed by atoms with Crippen LogP contribution in [-0.2, 0) is 38.5 Å². The van der Waals surface area contributed by atoms with Crippen LogP contribution >= 0.6 is 0 Å². The largest absolute Gasteiger partial charge is 0.493 e. The lowest BCUT2D eigenvalue weighted by Gasteiger charge is -2.20. The molecule has 2 aromatic rings. The fraction of sp³-hybridized carbons (Fsp3) is 0.704. The lowest BCUT2D eigenvalue weighted by Crippen LogP contribution is -2.09. The first kappa shape index (κ1) is 47.9. The SMILES string of the molecule is CCCCCCC1=C(c2cc(CCCC)c(CCCCCC)c(CCCC)c2)[N+](=[N-])C(c2cc(CCCC)c(CCCCCC)c(CCCC)c2)=C1CCCC. The number of nitrogens with zero attached hydrogens (tertiary/aromatic N) is 2. The van der Waals surface area contributed by atoms with Crippen molar-refractivity contribution in [2.24, 2.45) is 0 Å². The molecule has 2 heteroatoms. The third-order valence-corrected chi connectivity index (χ3v) is 12.6. The summed E-state index contributed by atoms with van der Waals surface area (Å²) in [5.74, 6) is 0. The molecule has 2 nitrogen and oxygen atoms in total. The normalized spacial score (nSPS) is 13.2. The van der Waals surface area contributed by atoms with E-state index >= 15 is 0 Å². The van der Waals surface area contributed by atoms with Gasteiger partial charge in [0.2, 0.25) is 11.4 Å². The van der Waals surface area contributed by atoms with Gasteiger partial charge < -0.3 is 5.53 Å². The fourth-order valence-electron chi connectivity index (χ4n) is 9.20. The van der Waals surface area contributed by atoms with Crippen LogP contribution in [0, 0.1) is 0 Å². The summed E-state index contributed by atoms with van der Waals surface area (Å²) in [4.78, 5) is 0. The minimum Gasteiger partial charge on any atom is -0.493 e. The summed E-state index contributed by atoms with van der Waals surface area (Å²) in [5, 5.41) is 0. The monoisotopic (exact) mass is 765 g/mol. The van der Waals surface area contributed by atoms with Crippen molar-refractivity contribution in [3.05, 3.63) is 85.5 Å². The van der Waals surface area contributed by atoms with E-state index in [0.717, 1.165) is 62.8 Å². The molecule has 3 rings (SSSR count). The van der Waals surface area contributed by atoms with Gasteiger partial charge in [-0.1, -0.05) is 145 Å². The molecule has 0 aliphatic carbocycles. The number of allylic oxidation sites excluding steroid dienone is 2. The molecule has 0 aromatic heterocycles. The van der Waals surface area contributed by atoms with Crippen LogP contribution in [0.4, 0.5) is 0 Å². The number of hydrogen-bond donors (Lipinski definition) is 0. The topological polar surface area (TPSA) is 25.3 Å². The van der Waals surface area contributed by atoms with E-state index in [0.29, 0.717) is 0 Å². The first-order chi connectivity index (χ1) is 27.4. The van der Waals surface area contributed by atoms with E-state index in [1.807, 2.05) is 0 Å². The summed E-state index contributed by atoms with van der Waals surface area (Å²) in [5.41, 5.74) is 30.0. The van der Waals surface area contributed by atoms with Gasteiger partial charge in [0.1, 0.15) is 0 Å². The highest BCUT2D eigenvalue weighted by Gasteiger charge is 2.36. The van der Waals surface area contributed by atoms with E-state index in [1.54, 1.807) is 38.1 Å². The molecule has 56 heavy (non-hydrogen) atoms. The van der Waals surface area contributed by atoms with Crippen LogP contribution < -0.4 is 0 Å². The van der Waals surface area contributed by atoms with Gasteiger partial charge in [-0.15, -0.1) is 0 Å². The number of aryl methyl sites for hydroxylation is 4. The third-order valence-electron chi connectivity index (χ3n) is 12.6. The van der Waals surface area contributed by atoms with Gasteiger partial charge in [-0.25, -0.2) is 4.70 Å². The Kier molecular flexibility index (Phi) is 24.0. The molecule has 2 aromatic carbocycles. The maximum atomic E-state index is 12.9. The maximum Gasteiger partial charge on any atom is 0.211 e. The molecule has 0 amide bonds. The van der Waals surface area contributed by atoms with E-state index in [9.17, 15) is 5.53 Å². The summed E-state index contributed by atoms with van der Waals surface area (Å²) in [6.45, 7) is 18.6. The minimum absolute atomic E-state index is 1.03. The van der Waals surface area contributed by atoms with Crippen LogP contribution in [0.15, 0.2) is 35.4 Å². The molecule has 314 valence electrons. The summed E-state index contributed by atoms with van der Waals surface area (Å²) < 4.78 is 1.73. The van der Waals surface area contributed by atoms with Crippen LogP contribution in [-0.4, -0.2) is 4.70 Å². The van der Waals surface area contributed by atoms with E-state index in [-0.39, 0.29) is 0 Å². The zero-order valence-electron chi connectivity index (χ0n) is 38.4. The summed E-state index contributed by atoms with van der Waals surface area (Å²) >= 11 is 0. The highest BCUT2D eigenvalue weighted by Crippen LogP contribution is 2.46. The lowest BCUT2D eigenvalue weighted by molar-refractivity contribution is -0.345. The Bertz CT molecular complexity index is 1440. The molecule has 0 atom stereocenters. The zero-order chi connectivity index (χ0) is 40.5. The molecule has 1 aliphatic heterocycles. The molecule has 0 bridgehead atoms. The first-order valence-corrected chi connectivity index (χ1v) is 24.7. The van der Waals surface area contributed by atoms with E-state index in [4.69, 9.17) is 0 Å². The van der Waals surface area contributed by atoms with Crippen molar-refractivity contribution in [1.82, 2.24) is 0 Å². The Labute approximate surface area is 348 Å². The average molecular weight is 765 g/mol. The predicted octanol–water partition coefficient (Wildman–Crippen LogP) is 17.6. The molecule has 0 saturated heterocycles. The Morgan fingerprint density at radius 1 is 0.321 bits per heavy atom. The second-order valence-corrected chi connectivity index (χ2v) is 17.5. The van der Waals surface area contributed by atoms with Crippen LogP contribution in [0.5, 0.6) is 0 Å². The van der Waals surface area contributed by atoms with Crippen molar-refractivity contribution >= 4 is 11.4 Å². The van der Waals surface area contributed by atoms with Gasteiger partial charge >= 0.3 is 0 Å². The van der Waals surface area contributed by atoms with Gasteiger partial charge in [-0.3, -0.25) is 0 Å². The molecule has 0 unspecified atom stereocenters. The van der Waals surface area contributed by atoms with Crippen molar-refractivity contribution in [1.29, 1.82) is 0 Å². The van der Waals surface area contributed by atoms with Gasteiger partial charge in [-0.05, 0) is 160 Å². The van der Waals surface area contributed by atoms with Crippen molar-refractivity contribution in [3.8, 4) is 0 Å². The molecular weight excluding hydrogens is 677 g/mol. The highest BCUT2D eigenvalue weighted by atomic mass is 15.2. The first-order valence-electron chi connectivity index (χ1n) is 24.7. The molecule has 0 N–H and O–H groups in total. The minimum atomic E-state index is 1.03. The lowest BCUT2D eigenvalue weighted by atomic mass is 9.86. The van der Waals surface area contributed by atoms with Gasteiger partial charge in [-0.2, -0.15) is 0 Å². The molecule has 0 fully saturated rings. The van der Waals surface area contributed by atoms with E-state index in [1.165, 1.54) is 164 Å². The standard InChI is InChI=1S/C54H88N2/c1-9-17-25-28-36-49-43(31-20-12-4)39-47(40-44(49)32-21-13-5)53-51(35-24-16-8)52(38-30-27-19-11-3)54(56(53)55)48-41-45(33-22-14-6)50(37-29-26-18-10-2)46(42-48)34-23-15-7/h39-42H,9-38H2,1-8H3. The molecule has 1 heterocycles. The number of benzene rings is 2. The van der Waals surface area contributed by atoms with Crippen molar-refractivity contribution in [2.45, 2.75) is 248 Å². The Balaban J connectivity index is 2.33. The Hall–Kier alpha value is -2.48. The van der Waals surface area contributed by atoms with Gasteiger partial charge in [0.15, 0.2) is 0 Å². The molecule has 0 spiro atoms. The number of rotatable bonds is 32. The second-order valence-electron chi connectivity index (χ2n) is 17.5. The Morgan fingerprint density at radius 2 is 0.589 bits per heavy atom. The summed E-state index contributed by atoms with van der Waals surface area (Å²) in [6, 6.07) is 10.2. The number of unbranched alkanes of at least 4 members (excludes halogenated alkanes) is 14. The highest BCUT2D eigenvalue weighted by molar-refractivity contribution is 5.83. The number of hydrogen-bond acceptors (Lipinski definition) is 0. The van der Waals surface area contributed by atoms with Crippen LogP contribution in [0.3, 0.4) is 0 Å². The van der Waals surface area contributed by atoms with Crippen LogP contribution in [0.25, 0.3) is 16.9 Å². The fourth-order valence-corrected chi connectivity index (χ4v) is 9.20. The third kappa shape index (κ3) is 14.4. The predicted molar refractivity (Wildman–Crippen MR) is 249 cm³/mol. The maximum absolute atomic E-state index is 12.9. The molecule has 1 aliphatic rings. The van der Waals surface area contributed by atoms with Gasteiger partial charge in [0.05, 0.1) is 0 Å². The quantitative estimate of drug-likeness (QED) is 0.0524. The smallest absolute Gasteiger partial charge is 0.211 e. The second kappa shape index (κ2) is 28.0. The zero-order valence-corrected chi connectivity index (χ0v) is 38.4. The average Bonchev–Trinajstić information content (AvgIpc) is 3.48. The molecule has 0 radical (unpaired) electrons. The van der Waals surface area contributed by atoms with Crippen molar-refractivity contribution in [3.63, 3.8) is 0 Å². The van der Waals surface area contributed by atoms with Crippen LogP contribution in [0.1, 0.15) is 254 Å². The van der Waals surface area contributed by atoms with E-state index in [2.05, 4.69) is 79.7 Å². The van der Waals surface area contributed by atoms with Crippen molar-refractivity contribution in [2.75, 3.05) is 0 Å². The Morgan fingerprint density at radius 3 is 0.893 bits per heavy atom. The molecule has 0 saturated carbocycles. The van der Waals surface area contributed by atoms with Gasteiger partial charge in [0.25, 0.3) is 0 Å². The van der Waals surface area contributed by atoms with Crippen molar-refractivity contribution < 1.29 is 4.70 Å². The summed E-state index contributed by atoms with van der Waals surface area (Å²) in [6.07, 6.45) is 36.5. The summed E-state index contributed by atoms with van der Waals surface area (Å²) in [7, 11) is 0. The molecular formula is C54H88N2. The van der Waals surface area contributed by atoms with E-state index < -0.39 is 0 Å². The van der Waals surface area contributed by atoms with Gasteiger partial charge in [0, 0.05) is 22.3 Å². The van der Waals surface area contributed by atoms with Crippen LogP contribution in [0.2, 0.25) is 0 Å².